The molecule has 2 nitrogen and oxygen atoms in total. The van der Waals surface area contributed by atoms with Crippen molar-refractivity contribution < 1.29 is 13.2 Å². The first-order chi connectivity index (χ1) is 9.61. The van der Waals surface area contributed by atoms with E-state index in [1.54, 1.807) is 13.0 Å². The van der Waals surface area contributed by atoms with Gasteiger partial charge in [0.2, 0.25) is 0 Å². The summed E-state index contributed by atoms with van der Waals surface area (Å²) >= 11 is 12.9. The lowest BCUT2D eigenvalue weighted by atomic mass is 10.2. The number of hydrogen-bond acceptors (Lipinski definition) is 2. The minimum absolute atomic E-state index is 0.252. The summed E-state index contributed by atoms with van der Waals surface area (Å²) in [6.45, 7) is 1.70. The number of hydrogen-bond donors (Lipinski definition) is 1. The first-order valence-electron chi connectivity index (χ1n) is 6.14. The molecule has 0 radical (unpaired) electrons. The minimum atomic E-state index is -4.23. The molecule has 0 amide bonds. The van der Waals surface area contributed by atoms with Crippen molar-refractivity contribution >= 4 is 46.5 Å². The van der Waals surface area contributed by atoms with E-state index in [4.69, 9.17) is 28.9 Å². The fraction of sp³-hybridized carbons (Fsp3) is 0.462. The summed E-state index contributed by atoms with van der Waals surface area (Å²) in [7, 11) is 0. The van der Waals surface area contributed by atoms with Crippen LogP contribution >= 0.6 is 35.0 Å². The molecule has 2 N–H and O–H groups in total. The summed E-state index contributed by atoms with van der Waals surface area (Å²) in [6.07, 6.45) is -2.75. The highest BCUT2D eigenvalue weighted by atomic mass is 35.5. The topological polar surface area (TPSA) is 38.4 Å². The molecule has 21 heavy (non-hydrogen) atoms. The SMILES string of the molecule is Cc1cc(Cl)c(N=C(N)C2(Cl)CC2)cc1SCC(F)(F)F. The predicted octanol–water partition coefficient (Wildman–Crippen LogP) is 5.06. The van der Waals surface area contributed by atoms with E-state index in [2.05, 4.69) is 4.99 Å². The molecule has 0 heterocycles. The third-order valence-electron chi connectivity index (χ3n) is 3.02. The van der Waals surface area contributed by atoms with E-state index in [0.717, 1.165) is 12.8 Å². The van der Waals surface area contributed by atoms with Gasteiger partial charge in [-0.3, -0.25) is 0 Å². The Morgan fingerprint density at radius 1 is 1.43 bits per heavy atom. The molecule has 0 spiro atoms. The second-order valence-corrected chi connectivity index (χ2v) is 7.08. The first-order valence-corrected chi connectivity index (χ1v) is 7.88. The average molecular weight is 357 g/mol. The number of amidine groups is 1. The van der Waals surface area contributed by atoms with E-state index in [1.165, 1.54) is 6.07 Å². The van der Waals surface area contributed by atoms with Crippen LogP contribution in [0.2, 0.25) is 5.02 Å². The zero-order valence-electron chi connectivity index (χ0n) is 11.1. The zero-order chi connectivity index (χ0) is 15.8. The molecule has 1 fully saturated rings. The monoisotopic (exact) mass is 356 g/mol. The van der Waals surface area contributed by atoms with Gasteiger partial charge >= 0.3 is 6.18 Å². The Balaban J connectivity index is 2.26. The van der Waals surface area contributed by atoms with Crippen molar-refractivity contribution in [2.75, 3.05) is 5.75 Å². The lowest BCUT2D eigenvalue weighted by Crippen LogP contribution is -2.25. The molecule has 0 aromatic heterocycles. The predicted molar refractivity (Wildman–Crippen MR) is 82.1 cm³/mol. The third-order valence-corrected chi connectivity index (χ3v) is 5.12. The molecule has 2 rings (SSSR count). The van der Waals surface area contributed by atoms with Crippen molar-refractivity contribution in [3.8, 4) is 0 Å². The normalized spacial score (nSPS) is 17.9. The van der Waals surface area contributed by atoms with Crippen LogP contribution in [0.3, 0.4) is 0 Å². The van der Waals surface area contributed by atoms with Gasteiger partial charge in [0.05, 0.1) is 16.5 Å². The standard InChI is InChI=1S/C13H13Cl2F3N2S/c1-7-4-8(14)9(20-11(19)12(15)2-3-12)5-10(7)21-6-13(16,17)18/h4-5H,2-3,6H2,1H3,(H2,19,20). The van der Waals surface area contributed by atoms with Crippen molar-refractivity contribution in [2.24, 2.45) is 10.7 Å². The maximum Gasteiger partial charge on any atom is 0.398 e. The molecule has 1 aliphatic carbocycles. The van der Waals surface area contributed by atoms with E-state index < -0.39 is 16.8 Å². The van der Waals surface area contributed by atoms with Gasteiger partial charge in [0.1, 0.15) is 10.7 Å². The summed E-state index contributed by atoms with van der Waals surface area (Å²) < 4.78 is 36.9. The van der Waals surface area contributed by atoms with Crippen molar-refractivity contribution in [3.05, 3.63) is 22.7 Å². The number of nitrogens with two attached hydrogens (primary N) is 1. The van der Waals surface area contributed by atoms with Crippen molar-refractivity contribution in [2.45, 2.75) is 35.7 Å². The molecular formula is C13H13Cl2F3N2S. The van der Waals surface area contributed by atoms with Gasteiger partial charge in [-0.05, 0) is 37.5 Å². The number of thioether (sulfide) groups is 1. The zero-order valence-corrected chi connectivity index (χ0v) is 13.4. The fourth-order valence-electron chi connectivity index (χ4n) is 1.64. The molecular weight excluding hydrogens is 344 g/mol. The maximum absolute atomic E-state index is 12.3. The van der Waals surface area contributed by atoms with Crippen LogP contribution in [0.4, 0.5) is 18.9 Å². The molecule has 0 aliphatic heterocycles. The van der Waals surface area contributed by atoms with Gasteiger partial charge in [-0.15, -0.1) is 23.4 Å². The Morgan fingerprint density at radius 3 is 2.57 bits per heavy atom. The van der Waals surface area contributed by atoms with Gasteiger partial charge in [-0.2, -0.15) is 13.2 Å². The minimum Gasteiger partial charge on any atom is -0.386 e. The lowest BCUT2D eigenvalue weighted by Gasteiger charge is -2.11. The number of nitrogens with zero attached hydrogens (tertiary/aromatic N) is 1. The lowest BCUT2D eigenvalue weighted by molar-refractivity contribution is -0.105. The quantitative estimate of drug-likeness (QED) is 0.354. The van der Waals surface area contributed by atoms with Crippen LogP contribution < -0.4 is 5.73 Å². The maximum atomic E-state index is 12.3. The Bertz CT molecular complexity index is 584. The smallest absolute Gasteiger partial charge is 0.386 e. The fourth-order valence-corrected chi connectivity index (χ4v) is 2.84. The van der Waals surface area contributed by atoms with Crippen molar-refractivity contribution in [3.63, 3.8) is 0 Å². The molecule has 116 valence electrons. The highest BCUT2D eigenvalue weighted by Gasteiger charge is 2.44. The van der Waals surface area contributed by atoms with Crippen LogP contribution in [0.15, 0.2) is 22.0 Å². The van der Waals surface area contributed by atoms with Crippen LogP contribution in [-0.4, -0.2) is 22.6 Å². The molecule has 1 aliphatic rings. The summed E-state index contributed by atoms with van der Waals surface area (Å²) in [5.41, 5.74) is 6.83. The number of aryl methyl sites for hydroxylation is 1. The molecule has 0 bridgehead atoms. The number of halogens is 5. The van der Waals surface area contributed by atoms with Gasteiger partial charge in [-0.1, -0.05) is 11.6 Å². The third kappa shape index (κ3) is 4.44. The molecule has 1 aromatic carbocycles. The number of alkyl halides is 4. The van der Waals surface area contributed by atoms with E-state index >= 15 is 0 Å². The second-order valence-electron chi connectivity index (χ2n) is 4.94. The van der Waals surface area contributed by atoms with Gasteiger partial charge in [0.15, 0.2) is 0 Å². The highest BCUT2D eigenvalue weighted by Crippen LogP contribution is 2.44. The molecule has 0 atom stereocenters. The summed E-state index contributed by atoms with van der Waals surface area (Å²) in [6, 6.07) is 3.10. The van der Waals surface area contributed by atoms with Crippen LogP contribution in [0, 0.1) is 6.92 Å². The van der Waals surface area contributed by atoms with Crippen LogP contribution in [0.25, 0.3) is 0 Å². The highest BCUT2D eigenvalue weighted by molar-refractivity contribution is 7.99. The Kier molecular flexibility index (Phi) is 4.71. The van der Waals surface area contributed by atoms with Gasteiger partial charge in [0, 0.05) is 4.90 Å². The largest absolute Gasteiger partial charge is 0.398 e. The Labute approximate surface area is 134 Å². The molecule has 1 aromatic rings. The Morgan fingerprint density at radius 2 is 2.05 bits per heavy atom. The van der Waals surface area contributed by atoms with Crippen LogP contribution in [0.1, 0.15) is 18.4 Å². The van der Waals surface area contributed by atoms with Crippen molar-refractivity contribution in [1.82, 2.24) is 0 Å². The van der Waals surface area contributed by atoms with Gasteiger partial charge < -0.3 is 5.73 Å². The van der Waals surface area contributed by atoms with E-state index in [-0.39, 0.29) is 5.84 Å². The number of benzene rings is 1. The summed E-state index contributed by atoms with van der Waals surface area (Å²) in [5.74, 6) is -0.713. The molecule has 0 unspecified atom stereocenters. The first kappa shape index (κ1) is 16.8. The van der Waals surface area contributed by atoms with Gasteiger partial charge in [0.25, 0.3) is 0 Å². The summed E-state index contributed by atoms with van der Waals surface area (Å²) in [4.78, 5) is 4.03. The van der Waals surface area contributed by atoms with Gasteiger partial charge in [-0.25, -0.2) is 4.99 Å². The molecule has 1 saturated carbocycles. The van der Waals surface area contributed by atoms with E-state index in [0.29, 0.717) is 32.9 Å². The second kappa shape index (κ2) is 5.89. The molecule has 0 saturated heterocycles. The number of aliphatic imine (C=N–C) groups is 1. The molecule has 8 heteroatoms. The summed E-state index contributed by atoms with van der Waals surface area (Å²) in [5, 5.41) is 0.340. The average Bonchev–Trinajstić information content (AvgIpc) is 3.09. The van der Waals surface area contributed by atoms with E-state index in [1.807, 2.05) is 0 Å². The van der Waals surface area contributed by atoms with Crippen LogP contribution in [0.5, 0.6) is 0 Å². The number of rotatable bonds is 4. The Hall–Kier alpha value is -0.590. The van der Waals surface area contributed by atoms with E-state index in [9.17, 15) is 13.2 Å². The van der Waals surface area contributed by atoms with Crippen LogP contribution in [-0.2, 0) is 0 Å². The van der Waals surface area contributed by atoms with Crippen molar-refractivity contribution in [1.29, 1.82) is 0 Å².